The molecule has 11 nitrogen and oxygen atoms in total. The SMILES string of the molecule is COc1ccccc1NS(=O)(=O)c1cccc(C(=O)NNC(=O)c2cc(-c3ccco3)on2)c1. The number of furan rings is 1. The largest absolute Gasteiger partial charge is 0.495 e. The zero-order chi connectivity index (χ0) is 24.1. The summed E-state index contributed by atoms with van der Waals surface area (Å²) in [5.41, 5.74) is 4.56. The van der Waals surface area contributed by atoms with Crippen LogP contribution in [0.15, 0.2) is 86.8 Å². The smallest absolute Gasteiger partial charge is 0.291 e. The zero-order valence-corrected chi connectivity index (χ0v) is 18.5. The number of benzene rings is 2. The highest BCUT2D eigenvalue weighted by molar-refractivity contribution is 7.92. The van der Waals surface area contributed by atoms with Crippen LogP contribution < -0.4 is 20.3 Å². The van der Waals surface area contributed by atoms with Gasteiger partial charge in [-0.15, -0.1) is 0 Å². The molecule has 0 aliphatic rings. The van der Waals surface area contributed by atoms with Crippen molar-refractivity contribution >= 4 is 27.5 Å². The predicted octanol–water partition coefficient (Wildman–Crippen LogP) is 2.82. The number of anilines is 1. The molecule has 0 saturated carbocycles. The van der Waals surface area contributed by atoms with Gasteiger partial charge in [0.05, 0.1) is 24.0 Å². The number of nitrogens with one attached hydrogen (secondary N) is 3. The Morgan fingerprint density at radius 2 is 1.71 bits per heavy atom. The number of sulfonamides is 1. The topological polar surface area (TPSA) is 153 Å². The highest BCUT2D eigenvalue weighted by Crippen LogP contribution is 2.26. The van der Waals surface area contributed by atoms with E-state index < -0.39 is 21.8 Å². The van der Waals surface area contributed by atoms with Gasteiger partial charge in [-0.3, -0.25) is 25.2 Å². The fourth-order valence-corrected chi connectivity index (χ4v) is 4.02. The first-order valence-electron chi connectivity index (χ1n) is 9.74. The van der Waals surface area contributed by atoms with E-state index in [1.807, 2.05) is 0 Å². The number of nitrogens with zero attached hydrogens (tertiary/aromatic N) is 1. The molecule has 0 unspecified atom stereocenters. The second-order valence-electron chi connectivity index (χ2n) is 6.80. The summed E-state index contributed by atoms with van der Waals surface area (Å²) in [5, 5.41) is 3.63. The molecule has 2 aromatic carbocycles. The molecule has 2 aromatic heterocycles. The molecule has 4 aromatic rings. The van der Waals surface area contributed by atoms with E-state index in [0.29, 0.717) is 11.5 Å². The van der Waals surface area contributed by atoms with Gasteiger partial charge in [-0.2, -0.15) is 0 Å². The molecule has 0 aliphatic heterocycles. The summed E-state index contributed by atoms with van der Waals surface area (Å²) in [4.78, 5) is 24.6. The van der Waals surface area contributed by atoms with E-state index in [2.05, 4.69) is 20.7 Å². The number of aromatic nitrogens is 1. The van der Waals surface area contributed by atoms with Crippen molar-refractivity contribution in [3.8, 4) is 17.3 Å². The van der Waals surface area contributed by atoms with Crippen molar-refractivity contribution in [2.45, 2.75) is 4.90 Å². The lowest BCUT2D eigenvalue weighted by Gasteiger charge is -2.12. The van der Waals surface area contributed by atoms with Crippen molar-refractivity contribution in [3.63, 3.8) is 0 Å². The van der Waals surface area contributed by atoms with E-state index in [1.165, 1.54) is 43.7 Å². The number of carbonyl (C=O) groups is 2. The van der Waals surface area contributed by atoms with Crippen LogP contribution in [0.5, 0.6) is 5.75 Å². The number of rotatable bonds is 7. The average Bonchev–Trinajstić information content (AvgIpc) is 3.55. The van der Waals surface area contributed by atoms with Crippen molar-refractivity contribution in [1.29, 1.82) is 0 Å². The Labute approximate surface area is 193 Å². The van der Waals surface area contributed by atoms with Gasteiger partial charge in [0.25, 0.3) is 21.8 Å². The minimum atomic E-state index is -4.02. The Hall–Kier alpha value is -4.58. The van der Waals surface area contributed by atoms with E-state index in [1.54, 1.807) is 36.4 Å². The van der Waals surface area contributed by atoms with E-state index in [0.717, 1.165) is 0 Å². The minimum absolute atomic E-state index is 0.000343. The molecule has 2 heterocycles. The summed E-state index contributed by atoms with van der Waals surface area (Å²) in [5.74, 6) is -0.517. The number of ether oxygens (including phenoxy) is 1. The van der Waals surface area contributed by atoms with Crippen molar-refractivity contribution in [2.75, 3.05) is 11.8 Å². The van der Waals surface area contributed by atoms with Crippen LogP contribution in [0.2, 0.25) is 0 Å². The molecular weight excluding hydrogens is 464 g/mol. The quantitative estimate of drug-likeness (QED) is 0.340. The van der Waals surface area contributed by atoms with Gasteiger partial charge in [0.15, 0.2) is 11.5 Å². The summed E-state index contributed by atoms with van der Waals surface area (Å²) in [6, 6.07) is 16.4. The number of hydrazine groups is 1. The van der Waals surface area contributed by atoms with Gasteiger partial charge in [-0.05, 0) is 42.5 Å². The van der Waals surface area contributed by atoms with Crippen molar-refractivity contribution in [3.05, 3.63) is 84.3 Å². The normalized spacial score (nSPS) is 11.0. The lowest BCUT2D eigenvalue weighted by molar-refractivity contribution is 0.0841. The maximum atomic E-state index is 12.8. The van der Waals surface area contributed by atoms with E-state index in [-0.39, 0.29) is 27.6 Å². The molecule has 4 rings (SSSR count). The number of hydrogen-bond donors (Lipinski definition) is 3. The van der Waals surface area contributed by atoms with Crippen molar-refractivity contribution in [2.24, 2.45) is 0 Å². The van der Waals surface area contributed by atoms with E-state index in [4.69, 9.17) is 13.7 Å². The molecule has 12 heteroatoms. The van der Waals surface area contributed by atoms with E-state index in [9.17, 15) is 18.0 Å². The maximum absolute atomic E-state index is 12.8. The highest BCUT2D eigenvalue weighted by Gasteiger charge is 2.19. The van der Waals surface area contributed by atoms with Gasteiger partial charge < -0.3 is 13.7 Å². The van der Waals surface area contributed by atoms with Gasteiger partial charge >= 0.3 is 0 Å². The van der Waals surface area contributed by atoms with Crippen LogP contribution in [0.1, 0.15) is 20.8 Å². The number of amides is 2. The van der Waals surface area contributed by atoms with E-state index >= 15 is 0 Å². The predicted molar refractivity (Wildman–Crippen MR) is 119 cm³/mol. The van der Waals surface area contributed by atoms with Gasteiger partial charge in [0, 0.05) is 11.6 Å². The second-order valence-corrected chi connectivity index (χ2v) is 8.48. The van der Waals surface area contributed by atoms with Crippen molar-refractivity contribution < 1.29 is 31.7 Å². The molecule has 0 aliphatic carbocycles. The van der Waals surface area contributed by atoms with Gasteiger partial charge in [0.1, 0.15) is 5.75 Å². The molecule has 0 bridgehead atoms. The standard InChI is InChI=1S/C22H18N4O7S/c1-31-18-9-3-2-8-16(18)26-34(29,30)15-7-4-6-14(12-15)21(27)23-24-22(28)17-13-20(33-25-17)19-10-5-11-32-19/h2-13,26H,1H3,(H,23,27)(H,24,28). The molecular formula is C22H18N4O7S. The first-order chi connectivity index (χ1) is 16.4. The van der Waals surface area contributed by atoms with Crippen molar-refractivity contribution in [1.82, 2.24) is 16.0 Å². The molecule has 0 atom stereocenters. The van der Waals surface area contributed by atoms with Crippen LogP contribution in [0, 0.1) is 0 Å². The van der Waals surface area contributed by atoms with Crippen LogP contribution in [0.4, 0.5) is 5.69 Å². The second kappa shape index (κ2) is 9.50. The third-order valence-corrected chi connectivity index (χ3v) is 5.92. The summed E-state index contributed by atoms with van der Waals surface area (Å²) in [7, 11) is -2.60. The Morgan fingerprint density at radius 1 is 0.912 bits per heavy atom. The number of carbonyl (C=O) groups excluding carboxylic acids is 2. The van der Waals surface area contributed by atoms with Crippen LogP contribution >= 0.6 is 0 Å². The fraction of sp³-hybridized carbons (Fsp3) is 0.0455. The molecule has 0 fully saturated rings. The monoisotopic (exact) mass is 482 g/mol. The molecule has 0 saturated heterocycles. The highest BCUT2D eigenvalue weighted by atomic mass is 32.2. The van der Waals surface area contributed by atoms with Crippen LogP contribution in [-0.2, 0) is 10.0 Å². The van der Waals surface area contributed by atoms with Gasteiger partial charge in [0.2, 0.25) is 5.76 Å². The van der Waals surface area contributed by atoms with Gasteiger partial charge in [-0.25, -0.2) is 8.42 Å². The molecule has 174 valence electrons. The molecule has 3 N–H and O–H groups in total. The average molecular weight is 482 g/mol. The lowest BCUT2D eigenvalue weighted by Crippen LogP contribution is -2.41. The summed E-state index contributed by atoms with van der Waals surface area (Å²) >= 11 is 0. The molecule has 2 amide bonds. The first kappa shape index (κ1) is 22.6. The Morgan fingerprint density at radius 3 is 2.47 bits per heavy atom. The summed E-state index contributed by atoms with van der Waals surface area (Å²) in [6.07, 6.45) is 1.44. The lowest BCUT2D eigenvalue weighted by atomic mass is 10.2. The number of methoxy groups -OCH3 is 1. The zero-order valence-electron chi connectivity index (χ0n) is 17.6. The summed E-state index contributed by atoms with van der Waals surface area (Å²) in [6.45, 7) is 0. The molecule has 0 radical (unpaired) electrons. The molecule has 34 heavy (non-hydrogen) atoms. The third-order valence-electron chi connectivity index (χ3n) is 4.55. The Bertz CT molecular complexity index is 1430. The van der Waals surface area contributed by atoms with Crippen LogP contribution in [-0.4, -0.2) is 32.5 Å². The third kappa shape index (κ3) is 4.91. The van der Waals surface area contributed by atoms with Crippen LogP contribution in [0.3, 0.4) is 0 Å². The Balaban J connectivity index is 1.43. The molecule has 0 spiro atoms. The first-order valence-corrected chi connectivity index (χ1v) is 11.2. The van der Waals surface area contributed by atoms with Gasteiger partial charge in [-0.1, -0.05) is 23.4 Å². The number of para-hydroxylation sites is 2. The number of hydrogen-bond acceptors (Lipinski definition) is 8. The fourth-order valence-electron chi connectivity index (χ4n) is 2.90. The Kier molecular flexibility index (Phi) is 6.32. The van der Waals surface area contributed by atoms with Crippen LogP contribution in [0.25, 0.3) is 11.5 Å². The minimum Gasteiger partial charge on any atom is -0.495 e. The summed E-state index contributed by atoms with van der Waals surface area (Å²) < 4.78 is 43.4. The maximum Gasteiger partial charge on any atom is 0.291 e.